The number of anilines is 1. The number of primary amides is 1. The largest absolute Gasteiger partial charge is 0.461 e. The number of ether oxygens (including phenoxy) is 1. The molecule has 7 nitrogen and oxygen atoms in total. The molecular formula is C23H31BrN4O3. The van der Waals surface area contributed by atoms with Crippen LogP contribution in [0.3, 0.4) is 0 Å². The zero-order chi connectivity index (χ0) is 22.3. The second kappa shape index (κ2) is 8.73. The molecule has 1 saturated carbocycles. The van der Waals surface area contributed by atoms with Gasteiger partial charge < -0.3 is 25.2 Å². The lowest BCUT2D eigenvalue weighted by atomic mass is 9.86. The first-order chi connectivity index (χ1) is 14.8. The number of rotatable bonds is 7. The van der Waals surface area contributed by atoms with Crippen molar-refractivity contribution in [3.63, 3.8) is 0 Å². The van der Waals surface area contributed by atoms with E-state index in [0.717, 1.165) is 40.8 Å². The zero-order valence-electron chi connectivity index (χ0n) is 18.5. The van der Waals surface area contributed by atoms with Crippen molar-refractivity contribution in [2.45, 2.75) is 52.7 Å². The molecule has 1 aromatic rings. The van der Waals surface area contributed by atoms with E-state index in [0.29, 0.717) is 31.2 Å². The standard InChI is InChI=1S/C23H31BrN4O3/c1-4-18-21(22(30)31-13-16-6-5-7-16)27-9-8-26(23(27)28(18)12-19(25)29)20-15(3)10-14(2)11-17(20)24/h10-11,16,23H,4-9,12-13H2,1-3H3,(H2,25,29). The molecule has 1 aliphatic carbocycles. The Balaban J connectivity index is 1.68. The number of benzene rings is 1. The molecule has 2 fully saturated rings. The van der Waals surface area contributed by atoms with Gasteiger partial charge in [0.15, 0.2) is 6.29 Å². The van der Waals surface area contributed by atoms with E-state index in [2.05, 4.69) is 51.7 Å². The van der Waals surface area contributed by atoms with E-state index in [9.17, 15) is 9.59 Å². The number of hydrogen-bond acceptors (Lipinski definition) is 6. The van der Waals surface area contributed by atoms with Gasteiger partial charge in [-0.2, -0.15) is 0 Å². The second-order valence-electron chi connectivity index (χ2n) is 8.78. The van der Waals surface area contributed by atoms with E-state index in [1.54, 1.807) is 0 Å². The Hall–Kier alpha value is -2.22. The Kier molecular flexibility index (Phi) is 6.19. The third-order valence-electron chi connectivity index (χ3n) is 6.54. The third kappa shape index (κ3) is 4.02. The molecule has 1 atom stereocenters. The van der Waals surface area contributed by atoms with Crippen LogP contribution in [0.4, 0.5) is 5.69 Å². The molecule has 0 aromatic heterocycles. The summed E-state index contributed by atoms with van der Waals surface area (Å²) in [6, 6.07) is 4.25. The zero-order valence-corrected chi connectivity index (χ0v) is 20.1. The lowest BCUT2D eigenvalue weighted by molar-refractivity contribution is -0.143. The molecule has 2 N–H and O–H groups in total. The second-order valence-corrected chi connectivity index (χ2v) is 9.64. The molecule has 1 aromatic carbocycles. The number of amides is 1. The van der Waals surface area contributed by atoms with Crippen molar-refractivity contribution >= 4 is 33.5 Å². The third-order valence-corrected chi connectivity index (χ3v) is 7.14. The van der Waals surface area contributed by atoms with Crippen LogP contribution in [0.2, 0.25) is 0 Å². The van der Waals surface area contributed by atoms with Gasteiger partial charge in [-0.3, -0.25) is 4.79 Å². The summed E-state index contributed by atoms with van der Waals surface area (Å²) in [5.41, 5.74) is 10.4. The van der Waals surface area contributed by atoms with Crippen LogP contribution in [0.5, 0.6) is 0 Å². The molecule has 1 saturated heterocycles. The summed E-state index contributed by atoms with van der Waals surface area (Å²) in [5, 5.41) is 0. The van der Waals surface area contributed by atoms with Crippen LogP contribution in [0.15, 0.2) is 28.0 Å². The lowest BCUT2D eigenvalue weighted by Crippen LogP contribution is -2.49. The summed E-state index contributed by atoms with van der Waals surface area (Å²) in [6.45, 7) is 8.10. The van der Waals surface area contributed by atoms with Gasteiger partial charge in [0.2, 0.25) is 5.91 Å². The van der Waals surface area contributed by atoms with Crippen molar-refractivity contribution in [2.24, 2.45) is 11.7 Å². The smallest absolute Gasteiger partial charge is 0.356 e. The molecule has 4 rings (SSSR count). The summed E-state index contributed by atoms with van der Waals surface area (Å²) in [6.07, 6.45) is 3.82. The quantitative estimate of drug-likeness (QED) is 0.591. The molecule has 1 amide bonds. The normalized spacial score (nSPS) is 20.9. The molecule has 31 heavy (non-hydrogen) atoms. The Labute approximate surface area is 192 Å². The van der Waals surface area contributed by atoms with Gasteiger partial charge in [0, 0.05) is 23.3 Å². The molecular weight excluding hydrogens is 460 g/mol. The molecule has 3 aliphatic rings. The van der Waals surface area contributed by atoms with Crippen LogP contribution in [0.25, 0.3) is 0 Å². The van der Waals surface area contributed by atoms with Crippen molar-refractivity contribution in [3.8, 4) is 0 Å². The number of fused-ring (bicyclic) bond motifs is 1. The molecule has 8 heteroatoms. The lowest BCUT2D eigenvalue weighted by Gasteiger charge is -2.36. The number of hydrogen-bond donors (Lipinski definition) is 1. The maximum absolute atomic E-state index is 13.2. The summed E-state index contributed by atoms with van der Waals surface area (Å²) < 4.78 is 6.72. The maximum atomic E-state index is 13.2. The van der Waals surface area contributed by atoms with Gasteiger partial charge >= 0.3 is 5.97 Å². The van der Waals surface area contributed by atoms with Gasteiger partial charge in [-0.05, 0) is 72.2 Å². The number of esters is 1. The topological polar surface area (TPSA) is 79.1 Å². The molecule has 168 valence electrons. The first-order valence-corrected chi connectivity index (χ1v) is 11.9. The fraction of sp³-hybridized carbons (Fsp3) is 0.565. The van der Waals surface area contributed by atoms with Gasteiger partial charge in [0.1, 0.15) is 12.2 Å². The minimum atomic E-state index is -0.415. The first-order valence-electron chi connectivity index (χ1n) is 11.1. The maximum Gasteiger partial charge on any atom is 0.356 e. The highest BCUT2D eigenvalue weighted by atomic mass is 79.9. The summed E-state index contributed by atoms with van der Waals surface area (Å²) in [7, 11) is 0. The van der Waals surface area contributed by atoms with Crippen molar-refractivity contribution in [1.82, 2.24) is 9.80 Å². The number of halogens is 1. The van der Waals surface area contributed by atoms with E-state index in [4.69, 9.17) is 10.5 Å². The van der Waals surface area contributed by atoms with Crippen LogP contribution in [-0.4, -0.2) is 54.2 Å². The average molecular weight is 491 g/mol. The minimum Gasteiger partial charge on any atom is -0.461 e. The van der Waals surface area contributed by atoms with E-state index >= 15 is 0 Å². The van der Waals surface area contributed by atoms with E-state index < -0.39 is 5.91 Å². The van der Waals surface area contributed by atoms with Gasteiger partial charge in [0.05, 0.1) is 12.3 Å². The monoisotopic (exact) mass is 490 g/mol. The number of carbonyl (C=O) groups excluding carboxylic acids is 2. The first kappa shape index (κ1) is 22.0. The number of nitrogens with zero attached hydrogens (tertiary/aromatic N) is 3. The van der Waals surface area contributed by atoms with Crippen molar-refractivity contribution < 1.29 is 14.3 Å². The Morgan fingerprint density at radius 1 is 1.19 bits per heavy atom. The van der Waals surface area contributed by atoms with Crippen LogP contribution >= 0.6 is 15.9 Å². The van der Waals surface area contributed by atoms with Crippen molar-refractivity contribution in [1.29, 1.82) is 0 Å². The van der Waals surface area contributed by atoms with Crippen LogP contribution in [0, 0.1) is 19.8 Å². The SMILES string of the molecule is CCC1=C(C(=O)OCC2CCC2)N2CCN(c3c(C)cc(C)cc3Br)C2N1CC(N)=O. The molecule has 0 spiro atoms. The van der Waals surface area contributed by atoms with Crippen LogP contribution in [0.1, 0.15) is 43.7 Å². The highest BCUT2D eigenvalue weighted by Crippen LogP contribution is 2.42. The summed E-state index contributed by atoms with van der Waals surface area (Å²) in [4.78, 5) is 31.4. The fourth-order valence-electron chi connectivity index (χ4n) is 4.99. The average Bonchev–Trinajstić information content (AvgIpc) is 3.18. The predicted octanol–water partition coefficient (Wildman–Crippen LogP) is 3.24. The van der Waals surface area contributed by atoms with E-state index in [1.165, 1.54) is 12.0 Å². The summed E-state index contributed by atoms with van der Waals surface area (Å²) in [5.74, 6) is -0.224. The Morgan fingerprint density at radius 2 is 1.90 bits per heavy atom. The van der Waals surface area contributed by atoms with Gasteiger partial charge in [-0.1, -0.05) is 19.4 Å². The molecule has 0 bridgehead atoms. The predicted molar refractivity (Wildman–Crippen MR) is 123 cm³/mol. The molecule has 1 unspecified atom stereocenters. The van der Waals surface area contributed by atoms with Crippen molar-refractivity contribution in [3.05, 3.63) is 39.1 Å². The summed E-state index contributed by atoms with van der Waals surface area (Å²) >= 11 is 3.73. The highest BCUT2D eigenvalue weighted by molar-refractivity contribution is 9.10. The van der Waals surface area contributed by atoms with Gasteiger partial charge in [-0.25, -0.2) is 4.79 Å². The fourth-order valence-corrected chi connectivity index (χ4v) is 5.89. The number of allylic oxidation sites excluding steroid dienone is 1. The number of aryl methyl sites for hydroxylation is 2. The molecule has 0 radical (unpaired) electrons. The van der Waals surface area contributed by atoms with Gasteiger partial charge in [0.25, 0.3) is 0 Å². The Morgan fingerprint density at radius 3 is 2.48 bits per heavy atom. The minimum absolute atomic E-state index is 0.0583. The Bertz CT molecular complexity index is 904. The van der Waals surface area contributed by atoms with Gasteiger partial charge in [-0.15, -0.1) is 0 Å². The number of carbonyl (C=O) groups is 2. The molecule has 2 aliphatic heterocycles. The van der Waals surface area contributed by atoms with Crippen molar-refractivity contribution in [2.75, 3.05) is 31.1 Å². The van der Waals surface area contributed by atoms with Crippen LogP contribution in [-0.2, 0) is 14.3 Å². The van der Waals surface area contributed by atoms with E-state index in [1.807, 2.05) is 11.8 Å². The number of nitrogens with two attached hydrogens (primary N) is 1. The highest BCUT2D eigenvalue weighted by Gasteiger charge is 2.48. The van der Waals surface area contributed by atoms with Crippen LogP contribution < -0.4 is 10.6 Å². The van der Waals surface area contributed by atoms with E-state index in [-0.39, 0.29) is 18.8 Å². The molecule has 2 heterocycles.